The maximum atomic E-state index is 13.0. The molecule has 0 spiro atoms. The fraction of sp³-hybridized carbons (Fsp3) is 0.250. The molecule has 2 aromatic carbocycles. The monoisotopic (exact) mass is 296 g/mol. The molecule has 0 saturated heterocycles. The lowest BCUT2D eigenvalue weighted by molar-refractivity contribution is -0.138. The van der Waals surface area contributed by atoms with Crippen LogP contribution in [-0.2, 0) is 12.8 Å². The first kappa shape index (κ1) is 15.4. The summed E-state index contributed by atoms with van der Waals surface area (Å²) in [5.74, 6) is 0.0725. The number of aliphatic hydroxyl groups is 1. The smallest absolute Gasteiger partial charge is 0.419 e. The van der Waals surface area contributed by atoms with Crippen LogP contribution in [0.25, 0.3) is 0 Å². The van der Waals surface area contributed by atoms with Gasteiger partial charge in [-0.1, -0.05) is 12.1 Å². The van der Waals surface area contributed by atoms with Gasteiger partial charge in [-0.3, -0.25) is 0 Å². The molecule has 0 saturated carbocycles. The third kappa shape index (κ3) is 3.55. The van der Waals surface area contributed by atoms with Crippen LogP contribution in [0.3, 0.4) is 0 Å². The second kappa shape index (κ2) is 5.77. The Bertz CT molecular complexity index is 648. The van der Waals surface area contributed by atoms with Gasteiger partial charge in [-0.2, -0.15) is 13.2 Å². The molecule has 0 aliphatic rings. The lowest BCUT2D eigenvalue weighted by Crippen LogP contribution is -2.08. The van der Waals surface area contributed by atoms with Crippen molar-refractivity contribution in [2.24, 2.45) is 0 Å². The highest BCUT2D eigenvalue weighted by Gasteiger charge is 2.34. The summed E-state index contributed by atoms with van der Waals surface area (Å²) >= 11 is 0. The van der Waals surface area contributed by atoms with Gasteiger partial charge in [0.25, 0.3) is 0 Å². The number of benzene rings is 2. The molecule has 0 atom stereocenters. The Morgan fingerprint density at radius 3 is 2.29 bits per heavy atom. The van der Waals surface area contributed by atoms with E-state index in [1.807, 2.05) is 13.8 Å². The molecular weight excluding hydrogens is 281 g/mol. The van der Waals surface area contributed by atoms with Gasteiger partial charge in [-0.05, 0) is 54.8 Å². The zero-order chi connectivity index (χ0) is 15.6. The number of rotatable bonds is 3. The molecule has 112 valence electrons. The highest BCUT2D eigenvalue weighted by atomic mass is 19.4. The van der Waals surface area contributed by atoms with Crippen LogP contribution in [0, 0.1) is 13.8 Å². The molecule has 0 heterocycles. The zero-order valence-electron chi connectivity index (χ0n) is 11.7. The van der Waals surface area contributed by atoms with Crippen molar-refractivity contribution in [3.63, 3.8) is 0 Å². The first-order valence-corrected chi connectivity index (χ1v) is 6.37. The standard InChI is InChI=1S/C16H15F3O2/c1-10-3-5-13(7-11(10)2)21-15-6-4-12(9-20)8-14(15)16(17,18)19/h3-8,20H,9H2,1-2H3. The molecule has 0 amide bonds. The third-order valence-corrected chi connectivity index (χ3v) is 3.24. The normalized spacial score (nSPS) is 11.5. The lowest BCUT2D eigenvalue weighted by Gasteiger charge is -2.15. The Labute approximate surface area is 120 Å². The average molecular weight is 296 g/mol. The van der Waals surface area contributed by atoms with Gasteiger partial charge in [0.2, 0.25) is 0 Å². The molecule has 0 aliphatic heterocycles. The summed E-state index contributed by atoms with van der Waals surface area (Å²) in [5.41, 5.74) is 1.27. The van der Waals surface area contributed by atoms with Gasteiger partial charge in [-0.15, -0.1) is 0 Å². The summed E-state index contributed by atoms with van der Waals surface area (Å²) in [6.45, 7) is 3.32. The second-order valence-corrected chi connectivity index (χ2v) is 4.83. The molecule has 5 heteroatoms. The average Bonchev–Trinajstić information content (AvgIpc) is 2.42. The minimum absolute atomic E-state index is 0.190. The molecular formula is C16H15F3O2. The number of ether oxygens (including phenoxy) is 1. The van der Waals surface area contributed by atoms with Gasteiger partial charge < -0.3 is 9.84 Å². The zero-order valence-corrected chi connectivity index (χ0v) is 11.7. The van der Waals surface area contributed by atoms with E-state index in [4.69, 9.17) is 9.84 Å². The van der Waals surface area contributed by atoms with Crippen LogP contribution in [0.15, 0.2) is 36.4 Å². The molecule has 0 fully saturated rings. The van der Waals surface area contributed by atoms with Gasteiger partial charge in [0, 0.05) is 0 Å². The summed E-state index contributed by atoms with van der Waals surface area (Å²) in [4.78, 5) is 0. The van der Waals surface area contributed by atoms with Gasteiger partial charge in [0.15, 0.2) is 0 Å². The number of hydrogen-bond acceptors (Lipinski definition) is 2. The van der Waals surface area contributed by atoms with E-state index in [1.165, 1.54) is 12.1 Å². The quantitative estimate of drug-likeness (QED) is 0.896. The van der Waals surface area contributed by atoms with Crippen molar-refractivity contribution in [3.05, 3.63) is 58.7 Å². The lowest BCUT2D eigenvalue weighted by atomic mass is 10.1. The number of alkyl halides is 3. The highest BCUT2D eigenvalue weighted by molar-refractivity contribution is 5.43. The van der Waals surface area contributed by atoms with Crippen LogP contribution < -0.4 is 4.74 Å². The topological polar surface area (TPSA) is 29.5 Å². The Kier molecular flexibility index (Phi) is 4.23. The first-order chi connectivity index (χ1) is 9.81. The number of halogens is 3. The highest BCUT2D eigenvalue weighted by Crippen LogP contribution is 2.39. The maximum Gasteiger partial charge on any atom is 0.419 e. The van der Waals surface area contributed by atoms with Crippen LogP contribution in [0.5, 0.6) is 11.5 Å². The van der Waals surface area contributed by atoms with E-state index < -0.39 is 18.3 Å². The van der Waals surface area contributed by atoms with E-state index in [-0.39, 0.29) is 11.3 Å². The molecule has 0 unspecified atom stereocenters. The Morgan fingerprint density at radius 1 is 1.00 bits per heavy atom. The van der Waals surface area contributed by atoms with Crippen LogP contribution in [-0.4, -0.2) is 5.11 Å². The van der Waals surface area contributed by atoms with E-state index >= 15 is 0 Å². The molecule has 2 rings (SSSR count). The van der Waals surface area contributed by atoms with Gasteiger partial charge >= 0.3 is 6.18 Å². The van der Waals surface area contributed by atoms with Crippen molar-refractivity contribution in [2.45, 2.75) is 26.6 Å². The molecule has 0 radical (unpaired) electrons. The van der Waals surface area contributed by atoms with Crippen LogP contribution in [0.2, 0.25) is 0 Å². The van der Waals surface area contributed by atoms with E-state index in [1.54, 1.807) is 18.2 Å². The number of aryl methyl sites for hydroxylation is 2. The van der Waals surface area contributed by atoms with E-state index in [0.29, 0.717) is 5.75 Å². The Morgan fingerprint density at radius 2 is 1.71 bits per heavy atom. The molecule has 21 heavy (non-hydrogen) atoms. The van der Waals surface area contributed by atoms with Gasteiger partial charge in [0.1, 0.15) is 11.5 Å². The molecule has 2 nitrogen and oxygen atoms in total. The van der Waals surface area contributed by atoms with E-state index in [9.17, 15) is 13.2 Å². The SMILES string of the molecule is Cc1ccc(Oc2ccc(CO)cc2C(F)(F)F)cc1C. The van der Waals surface area contributed by atoms with Crippen molar-refractivity contribution in [1.82, 2.24) is 0 Å². The molecule has 0 aromatic heterocycles. The summed E-state index contributed by atoms with van der Waals surface area (Å²) < 4.78 is 44.5. The molecule has 0 bridgehead atoms. The van der Waals surface area contributed by atoms with Crippen LogP contribution in [0.4, 0.5) is 13.2 Å². The summed E-state index contributed by atoms with van der Waals surface area (Å²) in [6.07, 6.45) is -4.54. The minimum atomic E-state index is -4.54. The summed E-state index contributed by atoms with van der Waals surface area (Å²) in [5, 5.41) is 8.97. The van der Waals surface area contributed by atoms with Crippen molar-refractivity contribution < 1.29 is 23.0 Å². The second-order valence-electron chi connectivity index (χ2n) is 4.83. The van der Waals surface area contributed by atoms with Crippen molar-refractivity contribution in [1.29, 1.82) is 0 Å². The fourth-order valence-electron chi connectivity index (χ4n) is 1.89. The number of aliphatic hydroxyl groups excluding tert-OH is 1. The van der Waals surface area contributed by atoms with Gasteiger partial charge in [-0.25, -0.2) is 0 Å². The van der Waals surface area contributed by atoms with E-state index in [0.717, 1.165) is 17.2 Å². The predicted molar refractivity (Wildman–Crippen MR) is 73.4 cm³/mol. The van der Waals surface area contributed by atoms with E-state index in [2.05, 4.69) is 0 Å². The third-order valence-electron chi connectivity index (χ3n) is 3.24. The van der Waals surface area contributed by atoms with Crippen LogP contribution >= 0.6 is 0 Å². The Balaban J connectivity index is 2.41. The maximum absolute atomic E-state index is 13.0. The first-order valence-electron chi connectivity index (χ1n) is 6.37. The van der Waals surface area contributed by atoms with Crippen LogP contribution in [0.1, 0.15) is 22.3 Å². The van der Waals surface area contributed by atoms with Crippen molar-refractivity contribution >= 4 is 0 Å². The summed E-state index contributed by atoms with van der Waals surface area (Å²) in [6, 6.07) is 8.64. The Hall–Kier alpha value is -2.01. The van der Waals surface area contributed by atoms with Crippen molar-refractivity contribution in [3.8, 4) is 11.5 Å². The molecule has 2 aromatic rings. The summed E-state index contributed by atoms with van der Waals surface area (Å²) in [7, 11) is 0. The predicted octanol–water partition coefficient (Wildman–Crippen LogP) is 4.61. The van der Waals surface area contributed by atoms with Crippen molar-refractivity contribution in [2.75, 3.05) is 0 Å². The largest absolute Gasteiger partial charge is 0.457 e. The van der Waals surface area contributed by atoms with Gasteiger partial charge in [0.05, 0.1) is 12.2 Å². The molecule has 0 aliphatic carbocycles. The minimum Gasteiger partial charge on any atom is -0.457 e. The molecule has 1 N–H and O–H groups in total. The number of hydrogen-bond donors (Lipinski definition) is 1. The fourth-order valence-corrected chi connectivity index (χ4v) is 1.89.